The summed E-state index contributed by atoms with van der Waals surface area (Å²) in [6.45, 7) is 0. The van der Waals surface area contributed by atoms with E-state index in [9.17, 15) is 21.0 Å². The van der Waals surface area contributed by atoms with Gasteiger partial charge in [0.25, 0.3) is 0 Å². The summed E-state index contributed by atoms with van der Waals surface area (Å²) >= 11 is 0. The fourth-order valence-electron chi connectivity index (χ4n) is 3.53. The van der Waals surface area contributed by atoms with Crippen LogP contribution in [0.4, 0.5) is 0 Å². The van der Waals surface area contributed by atoms with Gasteiger partial charge in [0.15, 0.2) is 10.8 Å². The largest absolute Gasteiger partial charge is 0.196 e. The molecule has 98 valence electrons. The number of hydrogen-bond acceptors (Lipinski definition) is 4. The van der Waals surface area contributed by atoms with Crippen molar-refractivity contribution in [3.63, 3.8) is 0 Å². The molecule has 4 nitrogen and oxygen atoms in total. The maximum absolute atomic E-state index is 9.71. The molecule has 0 bridgehead atoms. The van der Waals surface area contributed by atoms with Gasteiger partial charge < -0.3 is 0 Å². The second-order valence-electron chi connectivity index (χ2n) is 5.45. The summed E-state index contributed by atoms with van der Waals surface area (Å²) in [4.78, 5) is 0. The molecule has 21 heavy (non-hydrogen) atoms. The molecule has 0 unspecified atom stereocenters. The molecule has 1 aromatic rings. The molecule has 0 heterocycles. The summed E-state index contributed by atoms with van der Waals surface area (Å²) in [7, 11) is 0. The summed E-state index contributed by atoms with van der Waals surface area (Å²) in [5, 5.41) is 38.4. The Kier molecular flexibility index (Phi) is 2.59. The summed E-state index contributed by atoms with van der Waals surface area (Å²) in [5.74, 6) is -0.489. The maximum atomic E-state index is 9.71. The molecule has 1 atom stereocenters. The highest BCUT2D eigenvalue weighted by atomic mass is 14.6. The second kappa shape index (κ2) is 4.21. The molecule has 0 aromatic heterocycles. The Morgan fingerprint density at radius 1 is 0.952 bits per heavy atom. The first kappa shape index (κ1) is 12.9. The lowest BCUT2D eigenvalue weighted by atomic mass is 9.53. The highest BCUT2D eigenvalue weighted by Crippen LogP contribution is 2.60. The van der Waals surface area contributed by atoms with Gasteiger partial charge in [-0.2, -0.15) is 21.0 Å². The van der Waals surface area contributed by atoms with Crippen molar-refractivity contribution in [1.29, 1.82) is 21.0 Å². The van der Waals surface area contributed by atoms with Gasteiger partial charge in [-0.15, -0.1) is 0 Å². The molecule has 0 fully saturated rings. The van der Waals surface area contributed by atoms with E-state index in [1.165, 1.54) is 0 Å². The van der Waals surface area contributed by atoms with Gasteiger partial charge in [0.05, 0.1) is 24.3 Å². The minimum atomic E-state index is -1.66. The lowest BCUT2D eigenvalue weighted by molar-refractivity contribution is 0.252. The predicted molar refractivity (Wildman–Crippen MR) is 72.9 cm³/mol. The van der Waals surface area contributed by atoms with Crippen molar-refractivity contribution in [2.24, 2.45) is 10.8 Å². The van der Waals surface area contributed by atoms with Crippen LogP contribution in [0.2, 0.25) is 0 Å². The standard InChI is InChI=1S/C17H10N4/c18-8-16(9-19)6-5-13-7-12-3-1-2-4-14(12)15(13)17(16,10-20)11-21/h1-5,15H,6-7H2/t15-/m0/s1. The van der Waals surface area contributed by atoms with Crippen LogP contribution in [0.15, 0.2) is 35.9 Å². The van der Waals surface area contributed by atoms with Crippen molar-refractivity contribution in [3.05, 3.63) is 47.0 Å². The number of nitriles is 4. The van der Waals surface area contributed by atoms with Crippen molar-refractivity contribution in [1.82, 2.24) is 0 Å². The number of benzene rings is 1. The van der Waals surface area contributed by atoms with E-state index in [2.05, 4.69) is 0 Å². The van der Waals surface area contributed by atoms with E-state index in [0.717, 1.165) is 16.7 Å². The van der Waals surface area contributed by atoms with Crippen LogP contribution in [-0.2, 0) is 6.42 Å². The fraction of sp³-hybridized carbons (Fsp3) is 0.294. The molecule has 0 saturated carbocycles. The average molecular weight is 270 g/mol. The highest BCUT2D eigenvalue weighted by Gasteiger charge is 2.63. The Balaban J connectivity index is 2.34. The van der Waals surface area contributed by atoms with Gasteiger partial charge in [0.2, 0.25) is 0 Å². The Bertz CT molecular complexity index is 792. The number of nitrogens with zero attached hydrogens (tertiary/aromatic N) is 4. The monoisotopic (exact) mass is 270 g/mol. The van der Waals surface area contributed by atoms with Crippen LogP contribution in [0.1, 0.15) is 23.5 Å². The molecule has 0 spiro atoms. The molecule has 3 rings (SSSR count). The van der Waals surface area contributed by atoms with Gasteiger partial charge >= 0.3 is 0 Å². The third-order valence-corrected chi connectivity index (χ3v) is 4.64. The number of fused-ring (bicyclic) bond motifs is 3. The molecule has 0 N–H and O–H groups in total. The van der Waals surface area contributed by atoms with E-state index in [1.54, 1.807) is 0 Å². The molecular weight excluding hydrogens is 260 g/mol. The normalized spacial score (nSPS) is 23.2. The first-order valence-electron chi connectivity index (χ1n) is 6.60. The summed E-state index contributed by atoms with van der Waals surface area (Å²) in [5.41, 5.74) is -0.355. The van der Waals surface area contributed by atoms with Crippen LogP contribution < -0.4 is 0 Å². The third kappa shape index (κ3) is 1.34. The number of hydrogen-bond donors (Lipinski definition) is 0. The van der Waals surface area contributed by atoms with E-state index in [-0.39, 0.29) is 6.42 Å². The molecular formula is C17H10N4. The number of allylic oxidation sites excluding steroid dienone is 2. The van der Waals surface area contributed by atoms with Crippen molar-refractivity contribution in [3.8, 4) is 24.3 Å². The first-order chi connectivity index (χ1) is 10.2. The second-order valence-corrected chi connectivity index (χ2v) is 5.45. The van der Waals surface area contributed by atoms with Gasteiger partial charge in [-0.05, 0) is 17.5 Å². The van der Waals surface area contributed by atoms with Crippen LogP contribution >= 0.6 is 0 Å². The highest BCUT2D eigenvalue weighted by molar-refractivity contribution is 5.56. The van der Waals surface area contributed by atoms with Crippen LogP contribution in [-0.4, -0.2) is 0 Å². The topological polar surface area (TPSA) is 95.2 Å². The quantitative estimate of drug-likeness (QED) is 0.677. The molecule has 0 radical (unpaired) electrons. The molecule has 2 aliphatic rings. The molecule has 1 aromatic carbocycles. The zero-order valence-electron chi connectivity index (χ0n) is 11.2. The van der Waals surface area contributed by atoms with Crippen molar-refractivity contribution >= 4 is 0 Å². The van der Waals surface area contributed by atoms with Gasteiger partial charge in [-0.25, -0.2) is 0 Å². The molecule has 0 saturated heterocycles. The van der Waals surface area contributed by atoms with Crippen LogP contribution in [0.5, 0.6) is 0 Å². The lowest BCUT2D eigenvalue weighted by Gasteiger charge is -2.39. The molecule has 4 heteroatoms. The lowest BCUT2D eigenvalue weighted by Crippen LogP contribution is -2.45. The first-order valence-corrected chi connectivity index (χ1v) is 6.60. The summed E-state index contributed by atoms with van der Waals surface area (Å²) in [6, 6.07) is 15.6. The summed E-state index contributed by atoms with van der Waals surface area (Å²) < 4.78 is 0. The fourth-order valence-corrected chi connectivity index (χ4v) is 3.53. The van der Waals surface area contributed by atoms with Crippen LogP contribution in [0.3, 0.4) is 0 Å². The van der Waals surface area contributed by atoms with Crippen LogP contribution in [0, 0.1) is 56.2 Å². The molecule has 2 aliphatic carbocycles. The minimum Gasteiger partial charge on any atom is -0.196 e. The minimum absolute atomic E-state index is 0.126. The smallest absolute Gasteiger partial charge is 0.186 e. The Morgan fingerprint density at radius 3 is 2.24 bits per heavy atom. The maximum Gasteiger partial charge on any atom is 0.186 e. The molecule has 0 aliphatic heterocycles. The average Bonchev–Trinajstić information content (AvgIpc) is 2.93. The molecule has 0 amide bonds. The zero-order valence-corrected chi connectivity index (χ0v) is 11.2. The third-order valence-electron chi connectivity index (χ3n) is 4.64. The van der Waals surface area contributed by atoms with E-state index < -0.39 is 16.7 Å². The van der Waals surface area contributed by atoms with Crippen molar-refractivity contribution in [2.45, 2.75) is 18.8 Å². The Labute approximate surface area is 122 Å². The predicted octanol–water partition coefficient (Wildman–Crippen LogP) is 2.72. The number of rotatable bonds is 0. The van der Waals surface area contributed by atoms with Crippen molar-refractivity contribution in [2.75, 3.05) is 0 Å². The SMILES string of the molecule is N#CC1(C#N)CC=C2Cc3ccccc3[C@H]2C1(C#N)C#N. The van der Waals surface area contributed by atoms with E-state index in [1.807, 2.05) is 54.6 Å². The Morgan fingerprint density at radius 2 is 1.62 bits per heavy atom. The van der Waals surface area contributed by atoms with E-state index in [0.29, 0.717) is 6.42 Å². The van der Waals surface area contributed by atoms with Gasteiger partial charge in [0.1, 0.15) is 0 Å². The van der Waals surface area contributed by atoms with Gasteiger partial charge in [-0.1, -0.05) is 35.9 Å². The summed E-state index contributed by atoms with van der Waals surface area (Å²) in [6.07, 6.45) is 2.67. The van der Waals surface area contributed by atoms with Crippen LogP contribution in [0.25, 0.3) is 0 Å². The van der Waals surface area contributed by atoms with E-state index in [4.69, 9.17) is 0 Å². The van der Waals surface area contributed by atoms with Crippen molar-refractivity contribution < 1.29 is 0 Å². The van der Waals surface area contributed by atoms with Gasteiger partial charge in [-0.3, -0.25) is 0 Å². The zero-order chi connectivity index (χ0) is 15.1. The Hall–Kier alpha value is -3.08. The van der Waals surface area contributed by atoms with Gasteiger partial charge in [0, 0.05) is 12.3 Å². The van der Waals surface area contributed by atoms with E-state index >= 15 is 0 Å².